The molecule has 2 heteroatoms. The van der Waals surface area contributed by atoms with Gasteiger partial charge in [-0.25, -0.2) is 0 Å². The molecule has 0 radical (unpaired) electrons. The van der Waals surface area contributed by atoms with Gasteiger partial charge in [-0.15, -0.1) is 0 Å². The van der Waals surface area contributed by atoms with Gasteiger partial charge in [-0.3, -0.25) is 0 Å². The van der Waals surface area contributed by atoms with Gasteiger partial charge in [0.15, 0.2) is 0 Å². The molecule has 1 aromatic carbocycles. The van der Waals surface area contributed by atoms with Crippen LogP contribution < -0.4 is 0 Å². The van der Waals surface area contributed by atoms with Crippen molar-refractivity contribution in [3.8, 4) is 0 Å². The van der Waals surface area contributed by atoms with Gasteiger partial charge < -0.3 is 10.1 Å². The van der Waals surface area contributed by atoms with Crippen LogP contribution in [0.25, 0.3) is 10.9 Å². The molecule has 0 spiro atoms. The molecule has 0 fully saturated rings. The average molecular weight is 259 g/mol. The standard InChI is InChI=1S/C17H25NO/c1-12(2)10-17(19,11-13(3)4)15-5-6-16-14(9-15)7-8-18-16/h5-9,12-13,18-19H,10-11H2,1-4H3. The molecule has 0 saturated carbocycles. The Balaban J connectivity index is 2.40. The number of benzene rings is 1. The van der Waals surface area contributed by atoms with E-state index in [1.54, 1.807) is 0 Å². The van der Waals surface area contributed by atoms with Crippen molar-refractivity contribution in [2.45, 2.75) is 46.1 Å². The van der Waals surface area contributed by atoms with Crippen molar-refractivity contribution in [3.63, 3.8) is 0 Å². The van der Waals surface area contributed by atoms with Crippen molar-refractivity contribution >= 4 is 10.9 Å². The summed E-state index contributed by atoms with van der Waals surface area (Å²) in [6.45, 7) is 8.67. The van der Waals surface area contributed by atoms with Crippen LogP contribution in [-0.2, 0) is 5.60 Å². The third-order valence-electron chi connectivity index (χ3n) is 3.58. The molecular weight excluding hydrogens is 234 g/mol. The minimum atomic E-state index is -0.714. The van der Waals surface area contributed by atoms with Crippen molar-refractivity contribution in [1.82, 2.24) is 4.98 Å². The summed E-state index contributed by atoms with van der Waals surface area (Å²) in [6.07, 6.45) is 3.56. The maximum atomic E-state index is 11.1. The molecule has 104 valence electrons. The Morgan fingerprint density at radius 3 is 2.26 bits per heavy atom. The van der Waals surface area contributed by atoms with Crippen molar-refractivity contribution < 1.29 is 5.11 Å². The van der Waals surface area contributed by atoms with E-state index in [1.807, 2.05) is 6.20 Å². The third kappa shape index (κ3) is 3.19. The Hall–Kier alpha value is -1.28. The van der Waals surface area contributed by atoms with E-state index in [-0.39, 0.29) is 0 Å². The first-order chi connectivity index (χ1) is 8.90. The van der Waals surface area contributed by atoms with Crippen LogP contribution in [0, 0.1) is 11.8 Å². The molecule has 2 nitrogen and oxygen atoms in total. The third-order valence-corrected chi connectivity index (χ3v) is 3.58. The quantitative estimate of drug-likeness (QED) is 0.817. The lowest BCUT2D eigenvalue weighted by molar-refractivity contribution is -0.00438. The van der Waals surface area contributed by atoms with E-state index < -0.39 is 5.60 Å². The largest absolute Gasteiger partial charge is 0.385 e. The summed E-state index contributed by atoms with van der Waals surface area (Å²) in [4.78, 5) is 3.20. The summed E-state index contributed by atoms with van der Waals surface area (Å²) in [5.74, 6) is 0.955. The van der Waals surface area contributed by atoms with E-state index in [0.29, 0.717) is 11.8 Å². The zero-order valence-corrected chi connectivity index (χ0v) is 12.4. The summed E-state index contributed by atoms with van der Waals surface area (Å²) >= 11 is 0. The number of aromatic nitrogens is 1. The van der Waals surface area contributed by atoms with Gasteiger partial charge in [0, 0.05) is 11.7 Å². The predicted molar refractivity (Wildman–Crippen MR) is 81.1 cm³/mol. The Morgan fingerprint density at radius 2 is 1.68 bits per heavy atom. The number of H-pyrrole nitrogens is 1. The normalized spacial score (nSPS) is 12.8. The topological polar surface area (TPSA) is 36.0 Å². The number of rotatable bonds is 5. The van der Waals surface area contributed by atoms with Crippen LogP contribution >= 0.6 is 0 Å². The molecule has 1 heterocycles. The SMILES string of the molecule is CC(C)CC(O)(CC(C)C)c1ccc2[nH]ccc2c1. The fraction of sp³-hybridized carbons (Fsp3) is 0.529. The first kappa shape index (κ1) is 14.1. The molecule has 0 aliphatic rings. The van der Waals surface area contributed by atoms with E-state index in [9.17, 15) is 5.11 Å². The second-order valence-corrected chi connectivity index (χ2v) is 6.51. The van der Waals surface area contributed by atoms with Gasteiger partial charge in [0.1, 0.15) is 0 Å². The molecule has 0 atom stereocenters. The van der Waals surface area contributed by atoms with Crippen molar-refractivity contribution in [1.29, 1.82) is 0 Å². The van der Waals surface area contributed by atoms with Gasteiger partial charge in [0.2, 0.25) is 0 Å². The lowest BCUT2D eigenvalue weighted by Crippen LogP contribution is -2.29. The van der Waals surface area contributed by atoms with Crippen LogP contribution in [0.3, 0.4) is 0 Å². The number of aliphatic hydroxyl groups is 1. The maximum absolute atomic E-state index is 11.1. The smallest absolute Gasteiger partial charge is 0.0901 e. The van der Waals surface area contributed by atoms with Gasteiger partial charge in [0.05, 0.1) is 5.60 Å². The van der Waals surface area contributed by atoms with E-state index in [2.05, 4.69) is 56.9 Å². The van der Waals surface area contributed by atoms with Gasteiger partial charge >= 0.3 is 0 Å². The molecule has 0 aliphatic heterocycles. The van der Waals surface area contributed by atoms with Crippen LogP contribution in [-0.4, -0.2) is 10.1 Å². The summed E-state index contributed by atoms with van der Waals surface area (Å²) < 4.78 is 0. The molecule has 19 heavy (non-hydrogen) atoms. The molecule has 2 rings (SSSR count). The first-order valence-corrected chi connectivity index (χ1v) is 7.21. The van der Waals surface area contributed by atoms with E-state index in [4.69, 9.17) is 0 Å². The molecule has 0 unspecified atom stereocenters. The number of hydrogen-bond donors (Lipinski definition) is 2. The fourth-order valence-electron chi connectivity index (χ4n) is 3.01. The molecule has 1 aromatic heterocycles. The van der Waals surface area contributed by atoms with Crippen LogP contribution in [0.5, 0.6) is 0 Å². The highest BCUT2D eigenvalue weighted by atomic mass is 16.3. The van der Waals surface area contributed by atoms with E-state index >= 15 is 0 Å². The number of nitrogens with one attached hydrogen (secondary N) is 1. The fourth-order valence-corrected chi connectivity index (χ4v) is 3.01. The molecule has 0 bridgehead atoms. The Kier molecular flexibility index (Phi) is 4.00. The van der Waals surface area contributed by atoms with E-state index in [1.165, 1.54) is 5.39 Å². The Labute approximate surface area is 115 Å². The minimum absolute atomic E-state index is 0.477. The number of fused-ring (bicyclic) bond motifs is 1. The highest BCUT2D eigenvalue weighted by Gasteiger charge is 2.31. The summed E-state index contributed by atoms with van der Waals surface area (Å²) in [6, 6.07) is 8.31. The molecule has 0 amide bonds. The predicted octanol–water partition coefficient (Wildman–Crippen LogP) is 4.45. The highest BCUT2D eigenvalue weighted by molar-refractivity contribution is 5.80. The number of hydrogen-bond acceptors (Lipinski definition) is 1. The first-order valence-electron chi connectivity index (χ1n) is 7.21. The molecule has 2 N–H and O–H groups in total. The molecular formula is C17H25NO. The van der Waals surface area contributed by atoms with Gasteiger partial charge in [0.25, 0.3) is 0 Å². The molecule has 0 aliphatic carbocycles. The van der Waals surface area contributed by atoms with Crippen molar-refractivity contribution in [2.75, 3.05) is 0 Å². The van der Waals surface area contributed by atoms with Crippen LogP contribution in [0.2, 0.25) is 0 Å². The summed E-state index contributed by atoms with van der Waals surface area (Å²) in [5, 5.41) is 12.3. The Bertz CT molecular complexity index is 529. The summed E-state index contributed by atoms with van der Waals surface area (Å²) in [5.41, 5.74) is 1.45. The molecule has 0 saturated heterocycles. The minimum Gasteiger partial charge on any atom is -0.385 e. The van der Waals surface area contributed by atoms with Crippen molar-refractivity contribution in [3.05, 3.63) is 36.0 Å². The maximum Gasteiger partial charge on any atom is 0.0901 e. The van der Waals surface area contributed by atoms with Crippen LogP contribution in [0.1, 0.15) is 46.1 Å². The highest BCUT2D eigenvalue weighted by Crippen LogP contribution is 2.36. The monoisotopic (exact) mass is 259 g/mol. The van der Waals surface area contributed by atoms with E-state index in [0.717, 1.165) is 23.9 Å². The number of aromatic amines is 1. The van der Waals surface area contributed by atoms with Gasteiger partial charge in [-0.05, 0) is 53.8 Å². The summed E-state index contributed by atoms with van der Waals surface area (Å²) in [7, 11) is 0. The second kappa shape index (κ2) is 5.38. The van der Waals surface area contributed by atoms with Gasteiger partial charge in [-0.2, -0.15) is 0 Å². The Morgan fingerprint density at radius 1 is 1.05 bits per heavy atom. The lowest BCUT2D eigenvalue weighted by Gasteiger charge is -2.32. The zero-order valence-electron chi connectivity index (χ0n) is 12.4. The second-order valence-electron chi connectivity index (χ2n) is 6.51. The van der Waals surface area contributed by atoms with Gasteiger partial charge in [-0.1, -0.05) is 33.8 Å². The lowest BCUT2D eigenvalue weighted by atomic mass is 9.79. The van der Waals surface area contributed by atoms with Crippen LogP contribution in [0.15, 0.2) is 30.5 Å². The van der Waals surface area contributed by atoms with Crippen molar-refractivity contribution in [2.24, 2.45) is 11.8 Å². The zero-order chi connectivity index (χ0) is 14.0. The average Bonchev–Trinajstić information content (AvgIpc) is 2.73. The molecule has 2 aromatic rings. The van der Waals surface area contributed by atoms with Crippen LogP contribution in [0.4, 0.5) is 0 Å².